The Labute approximate surface area is 246 Å². The van der Waals surface area contributed by atoms with E-state index in [4.69, 9.17) is 9.47 Å². The summed E-state index contributed by atoms with van der Waals surface area (Å²) in [6, 6.07) is 23.9. The number of fused-ring (bicyclic) bond motifs is 1. The number of rotatable bonds is 11. The van der Waals surface area contributed by atoms with Crippen LogP contribution in [-0.2, 0) is 15.8 Å². The van der Waals surface area contributed by atoms with E-state index in [0.717, 1.165) is 29.2 Å². The Morgan fingerprint density at radius 3 is 2.22 bits per heavy atom. The van der Waals surface area contributed by atoms with Gasteiger partial charge in [0, 0.05) is 43.5 Å². The molecule has 41 heavy (non-hydrogen) atoms. The highest BCUT2D eigenvalue weighted by molar-refractivity contribution is 6.76. The second-order valence-corrected chi connectivity index (χ2v) is 18.6. The molecule has 0 aromatic heterocycles. The fourth-order valence-corrected chi connectivity index (χ4v) is 5.89. The Hall–Kier alpha value is -3.42. The summed E-state index contributed by atoms with van der Waals surface area (Å²) < 4.78 is 11.6. The number of nitrogens with zero attached hydrogens (tertiary/aromatic N) is 1. The van der Waals surface area contributed by atoms with Crippen LogP contribution in [0.3, 0.4) is 0 Å². The number of hydrogen-bond donors (Lipinski definition) is 1. The van der Waals surface area contributed by atoms with Crippen LogP contribution in [0.2, 0.25) is 25.7 Å². The standard InChI is InChI=1S/C34H44N2O4Si/c1-8-21-36-32(38)29-11-9-10-12-30(29)34(36,35-31(37)25-13-15-26(16-14-25)33(2,3)4)27-17-19-28(20-18-27)40-24-39-22-23-41(5,6)7/h9-20H,8,21-24H2,1-7H3,(H,35,37). The lowest BCUT2D eigenvalue weighted by molar-refractivity contribution is 0.0220. The molecule has 4 rings (SSSR count). The van der Waals surface area contributed by atoms with Gasteiger partial charge in [-0.2, -0.15) is 0 Å². The van der Waals surface area contributed by atoms with Crippen LogP contribution in [0.4, 0.5) is 0 Å². The average Bonchev–Trinajstić information content (AvgIpc) is 3.16. The van der Waals surface area contributed by atoms with Gasteiger partial charge < -0.3 is 19.7 Å². The molecule has 3 aromatic carbocycles. The van der Waals surface area contributed by atoms with Crippen molar-refractivity contribution in [1.82, 2.24) is 10.2 Å². The fraction of sp³-hybridized carbons (Fsp3) is 0.412. The zero-order valence-electron chi connectivity index (χ0n) is 25.5. The summed E-state index contributed by atoms with van der Waals surface area (Å²) in [6.45, 7) is 16.8. The monoisotopic (exact) mass is 572 g/mol. The van der Waals surface area contributed by atoms with Crippen molar-refractivity contribution in [3.63, 3.8) is 0 Å². The molecule has 0 saturated carbocycles. The molecule has 0 saturated heterocycles. The van der Waals surface area contributed by atoms with Gasteiger partial charge in [0.05, 0.1) is 0 Å². The van der Waals surface area contributed by atoms with E-state index < -0.39 is 13.7 Å². The molecule has 1 atom stereocenters. The zero-order valence-corrected chi connectivity index (χ0v) is 26.5. The number of ether oxygens (including phenoxy) is 2. The maximum Gasteiger partial charge on any atom is 0.256 e. The van der Waals surface area contributed by atoms with Crippen molar-refractivity contribution in [1.29, 1.82) is 0 Å². The first-order valence-corrected chi connectivity index (χ1v) is 18.2. The van der Waals surface area contributed by atoms with E-state index in [1.165, 1.54) is 0 Å². The third-order valence-electron chi connectivity index (χ3n) is 7.53. The molecule has 1 N–H and O–H groups in total. The summed E-state index contributed by atoms with van der Waals surface area (Å²) in [5.74, 6) is 0.329. The van der Waals surface area contributed by atoms with Crippen molar-refractivity contribution in [3.05, 3.63) is 101 Å². The van der Waals surface area contributed by atoms with Crippen molar-refractivity contribution in [2.75, 3.05) is 19.9 Å². The van der Waals surface area contributed by atoms with Crippen molar-refractivity contribution < 1.29 is 19.1 Å². The number of benzene rings is 3. The van der Waals surface area contributed by atoms with Crippen LogP contribution in [0.25, 0.3) is 0 Å². The van der Waals surface area contributed by atoms with Gasteiger partial charge in [-0.1, -0.05) is 89.8 Å². The average molecular weight is 573 g/mol. The van der Waals surface area contributed by atoms with Gasteiger partial charge in [-0.05, 0) is 53.8 Å². The van der Waals surface area contributed by atoms with Gasteiger partial charge in [0.2, 0.25) is 0 Å². The highest BCUT2D eigenvalue weighted by Crippen LogP contribution is 2.43. The molecule has 7 heteroatoms. The van der Waals surface area contributed by atoms with Crippen LogP contribution in [0.1, 0.15) is 71.5 Å². The van der Waals surface area contributed by atoms with E-state index >= 15 is 0 Å². The SMILES string of the molecule is CCCN1C(=O)c2ccccc2C1(NC(=O)c1ccc(C(C)(C)C)cc1)c1ccc(OCOCC[Si](C)(C)C)cc1. The molecule has 2 amide bonds. The normalized spacial score (nSPS) is 17.0. The summed E-state index contributed by atoms with van der Waals surface area (Å²) in [5, 5.41) is 3.30. The summed E-state index contributed by atoms with van der Waals surface area (Å²) >= 11 is 0. The van der Waals surface area contributed by atoms with Gasteiger partial charge in [0.15, 0.2) is 12.5 Å². The molecule has 0 radical (unpaired) electrons. The Morgan fingerprint density at radius 2 is 1.61 bits per heavy atom. The van der Waals surface area contributed by atoms with E-state index in [1.807, 2.05) is 79.7 Å². The predicted octanol–water partition coefficient (Wildman–Crippen LogP) is 7.17. The summed E-state index contributed by atoms with van der Waals surface area (Å²) in [7, 11) is -1.16. The number of hydrogen-bond acceptors (Lipinski definition) is 4. The van der Waals surface area contributed by atoms with Gasteiger partial charge >= 0.3 is 0 Å². The highest BCUT2D eigenvalue weighted by atomic mass is 28.3. The highest BCUT2D eigenvalue weighted by Gasteiger charge is 2.51. The van der Waals surface area contributed by atoms with E-state index in [-0.39, 0.29) is 24.0 Å². The maximum atomic E-state index is 13.9. The molecular weight excluding hydrogens is 528 g/mol. The maximum absolute atomic E-state index is 13.9. The molecule has 1 unspecified atom stereocenters. The fourth-order valence-electron chi connectivity index (χ4n) is 5.14. The Morgan fingerprint density at radius 1 is 0.951 bits per heavy atom. The summed E-state index contributed by atoms with van der Waals surface area (Å²) in [4.78, 5) is 29.4. The van der Waals surface area contributed by atoms with Crippen molar-refractivity contribution in [3.8, 4) is 5.75 Å². The number of amides is 2. The van der Waals surface area contributed by atoms with Gasteiger partial charge in [-0.25, -0.2) is 0 Å². The summed E-state index contributed by atoms with van der Waals surface area (Å²) in [6.07, 6.45) is 0.744. The molecule has 1 heterocycles. The molecule has 0 aliphatic carbocycles. The number of nitrogens with one attached hydrogen (secondary N) is 1. The van der Waals surface area contributed by atoms with Crippen LogP contribution in [-0.4, -0.2) is 44.7 Å². The smallest absolute Gasteiger partial charge is 0.256 e. The van der Waals surface area contributed by atoms with Crippen LogP contribution >= 0.6 is 0 Å². The van der Waals surface area contributed by atoms with Gasteiger partial charge in [0.25, 0.3) is 11.8 Å². The quantitative estimate of drug-likeness (QED) is 0.150. The molecule has 3 aromatic rings. The number of carbonyl (C=O) groups is 2. The van der Waals surface area contributed by atoms with E-state index in [1.54, 1.807) is 4.90 Å². The molecule has 1 aliphatic rings. The minimum atomic E-state index is -1.16. The second kappa shape index (κ2) is 12.2. The summed E-state index contributed by atoms with van der Waals surface area (Å²) in [5.41, 5.74) is 2.67. The molecule has 0 spiro atoms. The second-order valence-electron chi connectivity index (χ2n) is 13.0. The lowest BCUT2D eigenvalue weighted by atomic mass is 9.86. The third-order valence-corrected chi connectivity index (χ3v) is 9.23. The van der Waals surface area contributed by atoms with Crippen molar-refractivity contribution in [2.45, 2.75) is 70.9 Å². The minimum absolute atomic E-state index is 0.0197. The van der Waals surface area contributed by atoms with Gasteiger partial charge in [-0.15, -0.1) is 0 Å². The number of carbonyl (C=O) groups excluding carboxylic acids is 2. The molecule has 218 valence electrons. The zero-order chi connectivity index (χ0) is 29.8. The topological polar surface area (TPSA) is 67.9 Å². The lowest BCUT2D eigenvalue weighted by Crippen LogP contribution is -2.57. The van der Waals surface area contributed by atoms with E-state index in [0.29, 0.717) is 30.0 Å². The molecule has 1 aliphatic heterocycles. The van der Waals surface area contributed by atoms with Crippen LogP contribution in [0.5, 0.6) is 5.75 Å². The van der Waals surface area contributed by atoms with E-state index in [2.05, 4.69) is 45.7 Å². The van der Waals surface area contributed by atoms with Gasteiger partial charge in [0.1, 0.15) is 5.75 Å². The van der Waals surface area contributed by atoms with E-state index in [9.17, 15) is 9.59 Å². The first-order chi connectivity index (χ1) is 19.4. The molecule has 0 fully saturated rings. The van der Waals surface area contributed by atoms with Crippen molar-refractivity contribution >= 4 is 19.9 Å². The Bertz CT molecular complexity index is 1360. The third kappa shape index (κ3) is 6.74. The van der Waals surface area contributed by atoms with Crippen LogP contribution in [0.15, 0.2) is 72.8 Å². The molecule has 6 nitrogen and oxygen atoms in total. The Kier molecular flexibility index (Phi) is 9.09. The van der Waals surface area contributed by atoms with Crippen LogP contribution < -0.4 is 10.1 Å². The van der Waals surface area contributed by atoms with Crippen LogP contribution in [0, 0.1) is 0 Å². The molecule has 0 bridgehead atoms. The first-order valence-electron chi connectivity index (χ1n) is 14.5. The minimum Gasteiger partial charge on any atom is -0.468 e. The van der Waals surface area contributed by atoms with Gasteiger partial charge in [-0.3, -0.25) is 9.59 Å². The Balaban J connectivity index is 1.67. The largest absolute Gasteiger partial charge is 0.468 e. The van der Waals surface area contributed by atoms with Crippen molar-refractivity contribution in [2.24, 2.45) is 0 Å². The molecular formula is C34H44N2O4Si. The lowest BCUT2D eigenvalue weighted by Gasteiger charge is -2.40. The predicted molar refractivity (Wildman–Crippen MR) is 167 cm³/mol. The first kappa shape index (κ1) is 30.5.